The topological polar surface area (TPSA) is 52.5 Å². The molecule has 96 valence electrons. The molecular weight excluding hydrogens is 214 g/mol. The first-order valence-corrected chi connectivity index (χ1v) is 5.99. The number of aliphatic hydroxyl groups excluding tert-OH is 1. The van der Waals surface area contributed by atoms with Gasteiger partial charge in [-0.2, -0.15) is 0 Å². The molecule has 3 N–H and O–H groups in total. The summed E-state index contributed by atoms with van der Waals surface area (Å²) in [4.78, 5) is 0. The van der Waals surface area contributed by atoms with Gasteiger partial charge < -0.3 is 15.5 Å². The van der Waals surface area contributed by atoms with Gasteiger partial charge in [-0.3, -0.25) is 0 Å². The van der Waals surface area contributed by atoms with Gasteiger partial charge in [-0.15, -0.1) is 0 Å². The SMILES string of the molecule is CNC(CO)Cc1cccc(C(C)(C)C)c1O. The number of nitrogens with one attached hydrogen (secondary N) is 1. The third-order valence-electron chi connectivity index (χ3n) is 3.02. The summed E-state index contributed by atoms with van der Waals surface area (Å²) in [6, 6.07) is 5.80. The van der Waals surface area contributed by atoms with E-state index in [2.05, 4.69) is 26.1 Å². The maximum atomic E-state index is 10.3. The fraction of sp³-hybridized carbons (Fsp3) is 0.571. The van der Waals surface area contributed by atoms with Crippen molar-refractivity contribution in [2.75, 3.05) is 13.7 Å². The van der Waals surface area contributed by atoms with Crippen LogP contribution in [0.2, 0.25) is 0 Å². The van der Waals surface area contributed by atoms with Gasteiger partial charge in [0.2, 0.25) is 0 Å². The number of likely N-dealkylation sites (N-methyl/N-ethyl adjacent to an activating group) is 1. The van der Waals surface area contributed by atoms with Gasteiger partial charge in [-0.25, -0.2) is 0 Å². The lowest BCUT2D eigenvalue weighted by Crippen LogP contribution is -2.31. The van der Waals surface area contributed by atoms with Gasteiger partial charge in [0.15, 0.2) is 0 Å². The minimum Gasteiger partial charge on any atom is -0.507 e. The highest BCUT2D eigenvalue weighted by Gasteiger charge is 2.20. The van der Waals surface area contributed by atoms with Crippen molar-refractivity contribution in [2.45, 2.75) is 38.6 Å². The first-order chi connectivity index (χ1) is 7.90. The van der Waals surface area contributed by atoms with Crippen molar-refractivity contribution in [1.29, 1.82) is 0 Å². The highest BCUT2D eigenvalue weighted by atomic mass is 16.3. The van der Waals surface area contributed by atoms with Crippen LogP contribution in [0.4, 0.5) is 0 Å². The standard InChI is InChI=1S/C14H23NO2/c1-14(2,3)12-7-5-6-10(13(12)17)8-11(9-16)15-4/h5-7,11,15-17H,8-9H2,1-4H3. The van der Waals surface area contributed by atoms with Crippen LogP contribution < -0.4 is 5.32 Å². The smallest absolute Gasteiger partial charge is 0.122 e. The summed E-state index contributed by atoms with van der Waals surface area (Å²) >= 11 is 0. The highest BCUT2D eigenvalue weighted by molar-refractivity contribution is 5.44. The third-order valence-corrected chi connectivity index (χ3v) is 3.02. The second-order valence-corrected chi connectivity index (χ2v) is 5.44. The summed E-state index contributed by atoms with van der Waals surface area (Å²) in [5.41, 5.74) is 1.75. The van der Waals surface area contributed by atoms with Crippen molar-refractivity contribution in [3.63, 3.8) is 0 Å². The fourth-order valence-corrected chi connectivity index (χ4v) is 1.88. The van der Waals surface area contributed by atoms with Crippen molar-refractivity contribution in [2.24, 2.45) is 0 Å². The molecule has 0 fully saturated rings. The first kappa shape index (κ1) is 14.0. The van der Waals surface area contributed by atoms with E-state index in [1.54, 1.807) is 0 Å². The lowest BCUT2D eigenvalue weighted by atomic mass is 9.84. The van der Waals surface area contributed by atoms with Gasteiger partial charge in [0.1, 0.15) is 5.75 Å². The number of phenolic OH excluding ortho intramolecular Hbond substituents is 1. The quantitative estimate of drug-likeness (QED) is 0.748. The molecule has 0 aromatic heterocycles. The Morgan fingerprint density at radius 2 is 1.94 bits per heavy atom. The van der Waals surface area contributed by atoms with E-state index in [1.807, 2.05) is 25.2 Å². The molecule has 0 bridgehead atoms. The van der Waals surface area contributed by atoms with Gasteiger partial charge in [0, 0.05) is 6.04 Å². The van der Waals surface area contributed by atoms with Gasteiger partial charge >= 0.3 is 0 Å². The minimum atomic E-state index is -0.0750. The van der Waals surface area contributed by atoms with Gasteiger partial charge in [-0.05, 0) is 30.0 Å². The van der Waals surface area contributed by atoms with E-state index >= 15 is 0 Å². The summed E-state index contributed by atoms with van der Waals surface area (Å²) in [5, 5.41) is 22.4. The molecule has 0 spiro atoms. The summed E-state index contributed by atoms with van der Waals surface area (Å²) < 4.78 is 0. The lowest BCUT2D eigenvalue weighted by molar-refractivity contribution is 0.247. The molecular formula is C14H23NO2. The average Bonchev–Trinajstić information content (AvgIpc) is 2.26. The van der Waals surface area contributed by atoms with E-state index in [0.29, 0.717) is 12.2 Å². The van der Waals surface area contributed by atoms with Crippen molar-refractivity contribution in [1.82, 2.24) is 5.32 Å². The Labute approximate surface area is 103 Å². The van der Waals surface area contributed by atoms with E-state index < -0.39 is 0 Å². The Hall–Kier alpha value is -1.06. The van der Waals surface area contributed by atoms with E-state index in [0.717, 1.165) is 11.1 Å². The number of benzene rings is 1. The van der Waals surface area contributed by atoms with Crippen molar-refractivity contribution in [3.05, 3.63) is 29.3 Å². The van der Waals surface area contributed by atoms with Crippen molar-refractivity contribution >= 4 is 0 Å². The van der Waals surface area contributed by atoms with E-state index in [-0.39, 0.29) is 18.1 Å². The van der Waals surface area contributed by atoms with Crippen LogP contribution in [0, 0.1) is 0 Å². The molecule has 1 unspecified atom stereocenters. The average molecular weight is 237 g/mol. The Balaban J connectivity index is 3.02. The van der Waals surface area contributed by atoms with Crippen LogP contribution in [0.3, 0.4) is 0 Å². The molecule has 0 radical (unpaired) electrons. The monoisotopic (exact) mass is 237 g/mol. The van der Waals surface area contributed by atoms with Crippen molar-refractivity contribution < 1.29 is 10.2 Å². The largest absolute Gasteiger partial charge is 0.507 e. The summed E-state index contributed by atoms with van der Waals surface area (Å²) in [6.07, 6.45) is 0.628. The first-order valence-electron chi connectivity index (χ1n) is 5.99. The normalized spacial score (nSPS) is 13.7. The number of para-hydroxylation sites is 1. The predicted molar refractivity (Wildman–Crippen MR) is 70.4 cm³/mol. The molecule has 1 rings (SSSR count). The molecule has 0 aliphatic rings. The number of aliphatic hydroxyl groups is 1. The zero-order valence-electron chi connectivity index (χ0n) is 11.1. The molecule has 0 aliphatic carbocycles. The van der Waals surface area contributed by atoms with Crippen LogP contribution in [0.1, 0.15) is 31.9 Å². The van der Waals surface area contributed by atoms with Crippen LogP contribution in [0.15, 0.2) is 18.2 Å². The molecule has 17 heavy (non-hydrogen) atoms. The van der Waals surface area contributed by atoms with E-state index in [4.69, 9.17) is 5.11 Å². The van der Waals surface area contributed by atoms with Gasteiger partial charge in [0.05, 0.1) is 6.61 Å². The Morgan fingerprint density at radius 3 is 2.41 bits per heavy atom. The lowest BCUT2D eigenvalue weighted by Gasteiger charge is -2.23. The second kappa shape index (κ2) is 5.52. The van der Waals surface area contributed by atoms with Crippen molar-refractivity contribution in [3.8, 4) is 5.75 Å². The maximum absolute atomic E-state index is 10.3. The molecule has 0 saturated carbocycles. The van der Waals surface area contributed by atoms with Crippen LogP contribution in [-0.4, -0.2) is 29.9 Å². The second-order valence-electron chi connectivity index (χ2n) is 5.44. The predicted octanol–water partition coefficient (Wildman–Crippen LogP) is 1.81. The molecule has 0 saturated heterocycles. The molecule has 0 heterocycles. The summed E-state index contributed by atoms with van der Waals surface area (Å²) in [5.74, 6) is 0.355. The Morgan fingerprint density at radius 1 is 1.29 bits per heavy atom. The molecule has 1 aromatic carbocycles. The van der Waals surface area contributed by atoms with Crippen LogP contribution in [-0.2, 0) is 11.8 Å². The Kier molecular flexibility index (Phi) is 4.54. The number of rotatable bonds is 4. The maximum Gasteiger partial charge on any atom is 0.122 e. The molecule has 3 nitrogen and oxygen atoms in total. The molecule has 1 aromatic rings. The van der Waals surface area contributed by atoms with Crippen LogP contribution in [0.25, 0.3) is 0 Å². The molecule has 0 amide bonds. The zero-order chi connectivity index (χ0) is 13.1. The zero-order valence-corrected chi connectivity index (χ0v) is 11.1. The van der Waals surface area contributed by atoms with Gasteiger partial charge in [0.25, 0.3) is 0 Å². The number of phenols is 1. The highest BCUT2D eigenvalue weighted by Crippen LogP contribution is 2.33. The van der Waals surface area contributed by atoms with Crippen LogP contribution in [0.5, 0.6) is 5.75 Å². The summed E-state index contributed by atoms with van der Waals surface area (Å²) in [7, 11) is 1.81. The fourth-order valence-electron chi connectivity index (χ4n) is 1.88. The van der Waals surface area contributed by atoms with Gasteiger partial charge in [-0.1, -0.05) is 39.0 Å². The number of hydrogen-bond donors (Lipinski definition) is 3. The summed E-state index contributed by atoms with van der Waals surface area (Å²) in [6.45, 7) is 6.30. The van der Waals surface area contributed by atoms with E-state index in [9.17, 15) is 5.11 Å². The molecule has 0 aliphatic heterocycles. The molecule has 1 atom stereocenters. The number of hydrogen-bond acceptors (Lipinski definition) is 3. The third kappa shape index (κ3) is 3.45. The molecule has 3 heteroatoms. The van der Waals surface area contributed by atoms with Crippen LogP contribution >= 0.6 is 0 Å². The van der Waals surface area contributed by atoms with E-state index in [1.165, 1.54) is 0 Å². The Bertz CT molecular complexity index is 365. The number of aromatic hydroxyl groups is 1. The minimum absolute atomic E-state index is 0.0175.